The first-order valence-electron chi connectivity index (χ1n) is 6.51. The van der Waals surface area contributed by atoms with Crippen molar-refractivity contribution in [3.8, 4) is 6.07 Å². The summed E-state index contributed by atoms with van der Waals surface area (Å²) in [5.41, 5.74) is -0.181. The van der Waals surface area contributed by atoms with Crippen molar-refractivity contribution in [3.05, 3.63) is 35.9 Å². The van der Waals surface area contributed by atoms with E-state index in [1.165, 1.54) is 0 Å². The van der Waals surface area contributed by atoms with Gasteiger partial charge in [-0.1, -0.05) is 44.2 Å². The quantitative estimate of drug-likeness (QED) is 0.823. The molecule has 0 radical (unpaired) electrons. The molecule has 19 heavy (non-hydrogen) atoms. The molecule has 0 aliphatic heterocycles. The normalized spacial score (nSPS) is 12.5. The zero-order valence-electron chi connectivity index (χ0n) is 11.4. The zero-order chi connectivity index (χ0) is 14.3. The highest BCUT2D eigenvalue weighted by atomic mass is 16.3. The highest BCUT2D eigenvalue weighted by Crippen LogP contribution is 2.26. The summed E-state index contributed by atoms with van der Waals surface area (Å²) in [6.07, 6.45) is 0.914. The Morgan fingerprint density at radius 1 is 1.37 bits per heavy atom. The lowest BCUT2D eigenvalue weighted by molar-refractivity contribution is -0.129. The fourth-order valence-corrected chi connectivity index (χ4v) is 2.00. The fraction of sp³-hybridized carbons (Fsp3) is 0.467. The summed E-state index contributed by atoms with van der Waals surface area (Å²) in [7, 11) is 0. The fourth-order valence-electron chi connectivity index (χ4n) is 2.00. The van der Waals surface area contributed by atoms with Crippen LogP contribution >= 0.6 is 0 Å². The van der Waals surface area contributed by atoms with E-state index in [2.05, 4.69) is 11.4 Å². The van der Waals surface area contributed by atoms with Crippen molar-refractivity contribution in [2.75, 3.05) is 6.61 Å². The number of benzene rings is 1. The minimum atomic E-state index is -1.01. The highest BCUT2D eigenvalue weighted by molar-refractivity contribution is 5.85. The molecule has 0 bridgehead atoms. The molecular formula is C15H20N2O2. The predicted octanol–water partition coefficient (Wildman–Crippen LogP) is 2.17. The number of nitrogens with one attached hydrogen (secondary N) is 1. The van der Waals surface area contributed by atoms with Crippen LogP contribution in [0.3, 0.4) is 0 Å². The van der Waals surface area contributed by atoms with Gasteiger partial charge in [-0.3, -0.25) is 4.79 Å². The maximum Gasteiger partial charge on any atom is 0.241 e. The van der Waals surface area contributed by atoms with Crippen LogP contribution in [-0.2, 0) is 4.79 Å². The number of nitrogens with zero attached hydrogens (tertiary/aromatic N) is 1. The van der Waals surface area contributed by atoms with E-state index >= 15 is 0 Å². The SMILES string of the molecule is CCC(C#N)(CC)C(=O)NC(CO)c1ccccc1. The molecule has 2 N–H and O–H groups in total. The molecule has 0 aromatic heterocycles. The summed E-state index contributed by atoms with van der Waals surface area (Å²) in [6, 6.07) is 10.9. The van der Waals surface area contributed by atoms with Gasteiger partial charge in [0.2, 0.25) is 5.91 Å². The molecule has 102 valence electrons. The Labute approximate surface area is 114 Å². The molecule has 1 atom stereocenters. The number of nitriles is 1. The van der Waals surface area contributed by atoms with Gasteiger partial charge in [0.15, 0.2) is 0 Å². The largest absolute Gasteiger partial charge is 0.394 e. The van der Waals surface area contributed by atoms with Gasteiger partial charge >= 0.3 is 0 Å². The van der Waals surface area contributed by atoms with Gasteiger partial charge in [-0.15, -0.1) is 0 Å². The van der Waals surface area contributed by atoms with Crippen molar-refractivity contribution in [2.45, 2.75) is 32.7 Å². The molecule has 0 aliphatic carbocycles. The van der Waals surface area contributed by atoms with Crippen LogP contribution < -0.4 is 5.32 Å². The molecule has 1 amide bonds. The summed E-state index contributed by atoms with van der Waals surface area (Å²) in [6.45, 7) is 3.45. The van der Waals surface area contributed by atoms with E-state index in [0.29, 0.717) is 12.8 Å². The molecule has 0 saturated carbocycles. The van der Waals surface area contributed by atoms with E-state index in [-0.39, 0.29) is 12.5 Å². The third kappa shape index (κ3) is 3.33. The molecule has 4 nitrogen and oxygen atoms in total. The number of aliphatic hydroxyl groups is 1. The van der Waals surface area contributed by atoms with Crippen molar-refractivity contribution in [1.82, 2.24) is 5.32 Å². The van der Waals surface area contributed by atoms with Crippen molar-refractivity contribution in [1.29, 1.82) is 5.26 Å². The van der Waals surface area contributed by atoms with Crippen LogP contribution in [0.25, 0.3) is 0 Å². The first kappa shape index (κ1) is 15.2. The Bertz CT molecular complexity index is 447. The van der Waals surface area contributed by atoms with Gasteiger partial charge in [0.05, 0.1) is 18.7 Å². The molecule has 1 rings (SSSR count). The van der Waals surface area contributed by atoms with Crippen LogP contribution in [0.15, 0.2) is 30.3 Å². The molecule has 1 aromatic carbocycles. The number of hydrogen-bond donors (Lipinski definition) is 2. The van der Waals surface area contributed by atoms with E-state index in [4.69, 9.17) is 0 Å². The van der Waals surface area contributed by atoms with Gasteiger partial charge in [-0.25, -0.2) is 0 Å². The molecule has 1 aromatic rings. The number of amides is 1. The van der Waals surface area contributed by atoms with E-state index in [1.54, 1.807) is 0 Å². The summed E-state index contributed by atoms with van der Waals surface area (Å²) in [5, 5.41) is 21.4. The van der Waals surface area contributed by atoms with Crippen molar-refractivity contribution < 1.29 is 9.90 Å². The van der Waals surface area contributed by atoms with Gasteiger partial charge in [-0.05, 0) is 18.4 Å². The summed E-state index contributed by atoms with van der Waals surface area (Å²) in [5.74, 6) is -0.317. The molecule has 0 saturated heterocycles. The number of aliphatic hydroxyl groups excluding tert-OH is 1. The van der Waals surface area contributed by atoms with Crippen LogP contribution in [0.2, 0.25) is 0 Å². The van der Waals surface area contributed by atoms with Gasteiger partial charge in [0.1, 0.15) is 5.41 Å². The second-order valence-corrected chi connectivity index (χ2v) is 4.52. The zero-order valence-corrected chi connectivity index (χ0v) is 11.4. The lowest BCUT2D eigenvalue weighted by Crippen LogP contribution is -2.42. The van der Waals surface area contributed by atoms with E-state index in [0.717, 1.165) is 5.56 Å². The molecule has 0 aliphatic rings. The third-order valence-electron chi connectivity index (χ3n) is 3.55. The number of carbonyl (C=O) groups is 1. The van der Waals surface area contributed by atoms with Crippen LogP contribution in [0.1, 0.15) is 38.3 Å². The Morgan fingerprint density at radius 3 is 2.37 bits per heavy atom. The topological polar surface area (TPSA) is 73.1 Å². The molecule has 4 heteroatoms. The first-order chi connectivity index (χ1) is 9.13. The number of carbonyl (C=O) groups excluding carboxylic acids is 1. The van der Waals surface area contributed by atoms with Crippen LogP contribution in [0, 0.1) is 16.7 Å². The Balaban J connectivity index is 2.88. The van der Waals surface area contributed by atoms with Crippen molar-refractivity contribution in [2.24, 2.45) is 5.41 Å². The first-order valence-corrected chi connectivity index (χ1v) is 6.51. The lowest BCUT2D eigenvalue weighted by Gasteiger charge is -2.25. The van der Waals surface area contributed by atoms with Crippen LogP contribution in [-0.4, -0.2) is 17.6 Å². The Hall–Kier alpha value is -1.86. The summed E-state index contributed by atoms with van der Waals surface area (Å²) < 4.78 is 0. The van der Waals surface area contributed by atoms with Gasteiger partial charge < -0.3 is 10.4 Å². The third-order valence-corrected chi connectivity index (χ3v) is 3.55. The monoisotopic (exact) mass is 260 g/mol. The minimum Gasteiger partial charge on any atom is -0.394 e. The standard InChI is InChI=1S/C15H20N2O2/c1-3-15(4-2,11-16)14(19)17-13(10-18)12-8-6-5-7-9-12/h5-9,13,18H,3-4,10H2,1-2H3,(H,17,19). The minimum absolute atomic E-state index is 0.190. The predicted molar refractivity (Wildman–Crippen MR) is 73.0 cm³/mol. The van der Waals surface area contributed by atoms with E-state index in [1.807, 2.05) is 44.2 Å². The molecule has 0 heterocycles. The van der Waals surface area contributed by atoms with E-state index in [9.17, 15) is 15.2 Å². The van der Waals surface area contributed by atoms with Crippen LogP contribution in [0.5, 0.6) is 0 Å². The molecule has 0 fully saturated rings. The smallest absolute Gasteiger partial charge is 0.241 e. The molecule has 1 unspecified atom stereocenters. The Kier molecular flexibility index (Phi) is 5.53. The summed E-state index contributed by atoms with van der Waals surface area (Å²) >= 11 is 0. The van der Waals surface area contributed by atoms with Gasteiger partial charge in [-0.2, -0.15) is 5.26 Å². The molecular weight excluding hydrogens is 240 g/mol. The van der Waals surface area contributed by atoms with Crippen molar-refractivity contribution >= 4 is 5.91 Å². The maximum absolute atomic E-state index is 12.3. The number of hydrogen-bond acceptors (Lipinski definition) is 3. The average molecular weight is 260 g/mol. The highest BCUT2D eigenvalue weighted by Gasteiger charge is 2.36. The van der Waals surface area contributed by atoms with E-state index < -0.39 is 11.5 Å². The average Bonchev–Trinajstić information content (AvgIpc) is 2.48. The second-order valence-electron chi connectivity index (χ2n) is 4.52. The summed E-state index contributed by atoms with van der Waals surface area (Å²) in [4.78, 5) is 12.3. The number of rotatable bonds is 6. The van der Waals surface area contributed by atoms with Gasteiger partial charge in [0.25, 0.3) is 0 Å². The molecule has 0 spiro atoms. The lowest BCUT2D eigenvalue weighted by atomic mass is 9.82. The van der Waals surface area contributed by atoms with Gasteiger partial charge in [0, 0.05) is 0 Å². The maximum atomic E-state index is 12.3. The van der Waals surface area contributed by atoms with Crippen LogP contribution in [0.4, 0.5) is 0 Å². The second kappa shape index (κ2) is 6.91. The van der Waals surface area contributed by atoms with Crippen molar-refractivity contribution in [3.63, 3.8) is 0 Å². The Morgan fingerprint density at radius 2 is 1.95 bits per heavy atom.